The number of thioether (sulfide) groups is 1. The number of carbonyl (C=O) groups excluding carboxylic acids is 1. The first kappa shape index (κ1) is 19.9. The van der Waals surface area contributed by atoms with E-state index in [9.17, 15) is 4.79 Å². The number of aromatic nitrogens is 4. The third-order valence-electron chi connectivity index (χ3n) is 4.87. The zero-order chi connectivity index (χ0) is 21.2. The number of nitrogens with zero attached hydrogens (tertiary/aromatic N) is 4. The van der Waals surface area contributed by atoms with Gasteiger partial charge in [-0.05, 0) is 43.2 Å². The Hall–Kier alpha value is -3.04. The number of methoxy groups -OCH3 is 1. The molecule has 0 saturated heterocycles. The Morgan fingerprint density at radius 2 is 1.94 bits per heavy atom. The van der Waals surface area contributed by atoms with Crippen LogP contribution in [0, 0.1) is 0 Å². The van der Waals surface area contributed by atoms with Gasteiger partial charge in [0.15, 0.2) is 0 Å². The minimum absolute atomic E-state index is 0.276. The Bertz CT molecular complexity index is 1240. The van der Waals surface area contributed by atoms with Crippen LogP contribution in [-0.2, 0) is 5.75 Å². The second-order valence-electron chi connectivity index (χ2n) is 7.15. The monoisotopic (exact) mass is 449 g/mol. The zero-order valence-electron chi connectivity index (χ0n) is 16.7. The van der Waals surface area contributed by atoms with Crippen LogP contribution >= 0.6 is 23.1 Å². The minimum atomic E-state index is -0.276. The molecule has 0 aliphatic heterocycles. The summed E-state index contributed by atoms with van der Waals surface area (Å²) in [5.41, 5.74) is 1.65. The summed E-state index contributed by atoms with van der Waals surface area (Å²) in [6.07, 6.45) is 2.32. The maximum Gasteiger partial charge on any atom is 0.286 e. The van der Waals surface area contributed by atoms with Crippen molar-refractivity contribution >= 4 is 45.6 Å². The van der Waals surface area contributed by atoms with E-state index in [2.05, 4.69) is 15.5 Å². The first-order valence-electron chi connectivity index (χ1n) is 9.87. The van der Waals surface area contributed by atoms with E-state index in [4.69, 9.17) is 14.7 Å². The number of amides is 1. The van der Waals surface area contributed by atoms with Crippen molar-refractivity contribution in [2.24, 2.45) is 0 Å². The fraction of sp³-hybridized carbons (Fsp3) is 0.227. The van der Waals surface area contributed by atoms with E-state index in [1.54, 1.807) is 43.1 Å². The van der Waals surface area contributed by atoms with E-state index in [1.807, 2.05) is 24.3 Å². The topological polar surface area (TPSA) is 89.9 Å². The molecular formula is C22H19N5O2S2. The number of carbonyl (C=O) groups is 1. The average Bonchev–Trinajstić information content (AvgIpc) is 3.55. The first-order chi connectivity index (χ1) is 15.2. The Kier molecular flexibility index (Phi) is 5.52. The van der Waals surface area contributed by atoms with Gasteiger partial charge in [0.2, 0.25) is 5.01 Å². The molecule has 0 atom stereocenters. The summed E-state index contributed by atoms with van der Waals surface area (Å²) in [6, 6.07) is 15.2. The van der Waals surface area contributed by atoms with Gasteiger partial charge < -0.3 is 10.1 Å². The lowest BCUT2D eigenvalue weighted by atomic mass is 10.2. The molecule has 4 aromatic rings. The molecule has 2 aromatic heterocycles. The number of fused-ring (bicyclic) bond motifs is 1. The van der Waals surface area contributed by atoms with Crippen LogP contribution in [0.2, 0.25) is 0 Å². The normalized spacial score (nSPS) is 13.3. The van der Waals surface area contributed by atoms with E-state index in [0.717, 1.165) is 45.4 Å². The lowest BCUT2D eigenvalue weighted by molar-refractivity contribution is 0.102. The Balaban J connectivity index is 1.28. The van der Waals surface area contributed by atoms with Crippen molar-refractivity contribution in [1.82, 2.24) is 20.2 Å². The maximum atomic E-state index is 12.5. The van der Waals surface area contributed by atoms with E-state index in [0.29, 0.717) is 22.4 Å². The van der Waals surface area contributed by atoms with Gasteiger partial charge in [0.1, 0.15) is 21.6 Å². The molecule has 0 bridgehead atoms. The molecule has 9 heteroatoms. The van der Waals surface area contributed by atoms with Crippen LogP contribution < -0.4 is 10.1 Å². The quantitative estimate of drug-likeness (QED) is 0.317. The lowest BCUT2D eigenvalue weighted by Crippen LogP contribution is -2.11. The number of hydrogen-bond acceptors (Lipinski definition) is 8. The molecule has 31 heavy (non-hydrogen) atoms. The van der Waals surface area contributed by atoms with Crippen LogP contribution in [0.5, 0.6) is 5.75 Å². The second-order valence-corrected chi connectivity index (χ2v) is 9.18. The van der Waals surface area contributed by atoms with Crippen molar-refractivity contribution in [2.75, 3.05) is 12.4 Å². The van der Waals surface area contributed by atoms with Crippen LogP contribution in [0.15, 0.2) is 53.6 Å². The number of nitrogens with one attached hydrogen (secondary N) is 1. The molecule has 0 radical (unpaired) electrons. The highest BCUT2D eigenvalue weighted by atomic mass is 32.2. The molecule has 7 nitrogen and oxygen atoms in total. The molecular weight excluding hydrogens is 430 g/mol. The van der Waals surface area contributed by atoms with Gasteiger partial charge >= 0.3 is 0 Å². The highest BCUT2D eigenvalue weighted by Crippen LogP contribution is 2.40. The van der Waals surface area contributed by atoms with Gasteiger partial charge in [-0.3, -0.25) is 4.79 Å². The number of benzene rings is 2. The van der Waals surface area contributed by atoms with Crippen LogP contribution in [-0.4, -0.2) is 33.2 Å². The van der Waals surface area contributed by atoms with Gasteiger partial charge in [-0.2, -0.15) is 0 Å². The second kappa shape index (κ2) is 8.60. The average molecular weight is 450 g/mol. The number of anilines is 1. The molecule has 1 saturated carbocycles. The summed E-state index contributed by atoms with van der Waals surface area (Å²) in [4.78, 5) is 22.0. The van der Waals surface area contributed by atoms with E-state index < -0.39 is 0 Å². The van der Waals surface area contributed by atoms with Crippen LogP contribution in [0.4, 0.5) is 5.69 Å². The largest absolute Gasteiger partial charge is 0.497 e. The molecule has 2 heterocycles. The van der Waals surface area contributed by atoms with Crippen molar-refractivity contribution in [1.29, 1.82) is 0 Å². The lowest BCUT2D eigenvalue weighted by Gasteiger charge is -2.07. The summed E-state index contributed by atoms with van der Waals surface area (Å²) in [7, 11) is 1.60. The highest BCUT2D eigenvalue weighted by Gasteiger charge is 2.27. The molecule has 1 fully saturated rings. The van der Waals surface area contributed by atoms with Gasteiger partial charge in [0.05, 0.1) is 18.4 Å². The van der Waals surface area contributed by atoms with Crippen LogP contribution in [0.1, 0.15) is 39.4 Å². The molecule has 0 spiro atoms. The predicted octanol–water partition coefficient (Wildman–Crippen LogP) is 4.91. The highest BCUT2D eigenvalue weighted by molar-refractivity contribution is 7.98. The Labute approximate surface area is 187 Å². The van der Waals surface area contributed by atoms with Gasteiger partial charge in [0, 0.05) is 17.0 Å². The van der Waals surface area contributed by atoms with Crippen LogP contribution in [0.25, 0.3) is 10.9 Å². The van der Waals surface area contributed by atoms with E-state index >= 15 is 0 Å². The summed E-state index contributed by atoms with van der Waals surface area (Å²) < 4.78 is 5.13. The fourth-order valence-electron chi connectivity index (χ4n) is 3.09. The summed E-state index contributed by atoms with van der Waals surface area (Å²) in [5.74, 6) is 2.47. The molecule has 1 aliphatic carbocycles. The number of hydrogen-bond donors (Lipinski definition) is 1. The van der Waals surface area contributed by atoms with Gasteiger partial charge in [-0.15, -0.1) is 10.2 Å². The number of para-hydroxylation sites is 1. The molecule has 1 aliphatic rings. The third kappa shape index (κ3) is 4.52. The third-order valence-corrected chi connectivity index (χ3v) is 6.98. The minimum Gasteiger partial charge on any atom is -0.497 e. The number of ether oxygens (including phenoxy) is 1. The molecule has 2 aromatic carbocycles. The molecule has 156 valence electrons. The Morgan fingerprint density at radius 1 is 1.13 bits per heavy atom. The Morgan fingerprint density at radius 3 is 2.71 bits per heavy atom. The summed E-state index contributed by atoms with van der Waals surface area (Å²) in [5, 5.41) is 14.2. The molecule has 1 amide bonds. The standard InChI is InChI=1S/C22H19N5O2S2/c1-29-15-10-8-14(9-11-15)23-20(28)22-27-26-18(31-22)12-30-21-16-4-2-3-5-17(16)24-19(25-21)13-6-7-13/h2-5,8-11,13H,6-7,12H2,1H3,(H,23,28). The van der Waals surface area contributed by atoms with E-state index in [-0.39, 0.29) is 5.91 Å². The maximum absolute atomic E-state index is 12.5. The molecule has 1 N–H and O–H groups in total. The van der Waals surface area contributed by atoms with Gasteiger partial charge in [-0.1, -0.05) is 41.3 Å². The van der Waals surface area contributed by atoms with Gasteiger partial charge in [0.25, 0.3) is 5.91 Å². The van der Waals surface area contributed by atoms with Crippen molar-refractivity contribution in [2.45, 2.75) is 29.5 Å². The summed E-state index contributed by atoms with van der Waals surface area (Å²) in [6.45, 7) is 0. The van der Waals surface area contributed by atoms with Crippen LogP contribution in [0.3, 0.4) is 0 Å². The van der Waals surface area contributed by atoms with Gasteiger partial charge in [-0.25, -0.2) is 9.97 Å². The smallest absolute Gasteiger partial charge is 0.286 e. The predicted molar refractivity (Wildman–Crippen MR) is 122 cm³/mol. The SMILES string of the molecule is COc1ccc(NC(=O)c2nnc(CSc3nc(C4CC4)nc4ccccc34)s2)cc1. The zero-order valence-corrected chi connectivity index (χ0v) is 18.4. The number of rotatable bonds is 7. The van der Waals surface area contributed by atoms with Crippen molar-refractivity contribution in [3.63, 3.8) is 0 Å². The summed E-state index contributed by atoms with van der Waals surface area (Å²) >= 11 is 2.90. The van der Waals surface area contributed by atoms with Crippen molar-refractivity contribution in [3.05, 3.63) is 64.4 Å². The van der Waals surface area contributed by atoms with E-state index in [1.165, 1.54) is 11.3 Å². The fourth-order valence-corrected chi connectivity index (χ4v) is 4.84. The van der Waals surface area contributed by atoms with Crippen molar-refractivity contribution < 1.29 is 9.53 Å². The van der Waals surface area contributed by atoms with Crippen molar-refractivity contribution in [3.8, 4) is 5.75 Å². The molecule has 5 rings (SSSR count). The molecule has 0 unspecified atom stereocenters. The first-order valence-corrected chi connectivity index (χ1v) is 11.7.